The molecule has 0 amide bonds. The number of rotatable bonds is 0. The van der Waals surface area contributed by atoms with Gasteiger partial charge in [0.2, 0.25) is 0 Å². The van der Waals surface area contributed by atoms with Crippen LogP contribution in [0.2, 0.25) is 0 Å². The second-order valence-corrected chi connectivity index (χ2v) is 0. The van der Waals surface area contributed by atoms with Crippen molar-refractivity contribution in [1.29, 1.82) is 0 Å². The van der Waals surface area contributed by atoms with Gasteiger partial charge >= 0.3 is 44.4 Å². The van der Waals surface area contributed by atoms with Gasteiger partial charge in [0.1, 0.15) is 0 Å². The van der Waals surface area contributed by atoms with Crippen LogP contribution in [0.15, 0.2) is 0 Å². The average Bonchev–Trinajstić information content (AvgIpc) is 0. The van der Waals surface area contributed by atoms with E-state index in [1.54, 1.807) is 0 Å². The molecule has 0 spiro atoms. The fourth-order valence-electron chi connectivity index (χ4n) is 0. The van der Waals surface area contributed by atoms with E-state index in [2.05, 4.69) is 0 Å². The van der Waals surface area contributed by atoms with Gasteiger partial charge in [-0.3, -0.25) is 0 Å². The molecule has 2 nitrogen and oxygen atoms in total. The second-order valence-electron chi connectivity index (χ2n) is 0. The first-order chi connectivity index (χ1) is 0. The molecule has 0 fully saturated rings. The van der Waals surface area contributed by atoms with Gasteiger partial charge in [0, 0.05) is 0 Å². The molecule has 0 aromatic rings. The van der Waals surface area contributed by atoms with Crippen LogP contribution in [0.4, 0.5) is 0 Å². The molecular weight excluding hydrogens is 199 g/mol. The van der Waals surface area contributed by atoms with E-state index in [0.717, 1.165) is 0 Å². The van der Waals surface area contributed by atoms with Crippen molar-refractivity contribution in [1.82, 2.24) is 0 Å². The van der Waals surface area contributed by atoms with Gasteiger partial charge in [-0.1, -0.05) is 0 Å². The van der Waals surface area contributed by atoms with Gasteiger partial charge in [0.25, 0.3) is 0 Å². The summed E-state index contributed by atoms with van der Waals surface area (Å²) in [6.45, 7) is 0. The summed E-state index contributed by atoms with van der Waals surface area (Å²) in [5.41, 5.74) is 0. The summed E-state index contributed by atoms with van der Waals surface area (Å²) in [6.07, 6.45) is 0. The Kier molecular flexibility index (Phi) is 366. The van der Waals surface area contributed by atoms with Crippen molar-refractivity contribution in [2.24, 2.45) is 0 Å². The molecular formula is CdMnO2. The van der Waals surface area contributed by atoms with Crippen molar-refractivity contribution in [2.75, 3.05) is 0 Å². The van der Waals surface area contributed by atoms with Crippen LogP contribution >= 0.6 is 0 Å². The molecule has 0 aliphatic carbocycles. The van der Waals surface area contributed by atoms with Crippen LogP contribution in [0.25, 0.3) is 0 Å². The molecule has 0 saturated heterocycles. The SMILES string of the molecule is [Cd+2].[Mn+2].[O-2].[O-2]. The quantitative estimate of drug-likeness (QED) is 0.483. The monoisotopic (exact) mass is 201 g/mol. The molecule has 0 heterocycles. The van der Waals surface area contributed by atoms with Crippen LogP contribution in [-0.2, 0) is 55.3 Å². The van der Waals surface area contributed by atoms with E-state index >= 15 is 0 Å². The van der Waals surface area contributed by atoms with E-state index in [-0.39, 0.29) is 55.3 Å². The van der Waals surface area contributed by atoms with Gasteiger partial charge in [-0.25, -0.2) is 0 Å². The summed E-state index contributed by atoms with van der Waals surface area (Å²) < 4.78 is 0. The Bertz CT molecular complexity index is 6.00. The van der Waals surface area contributed by atoms with Crippen molar-refractivity contribution < 1.29 is 55.3 Å². The fourth-order valence-corrected chi connectivity index (χ4v) is 0. The summed E-state index contributed by atoms with van der Waals surface area (Å²) in [7, 11) is 0. The Morgan fingerprint density at radius 3 is 0.750 bits per heavy atom. The van der Waals surface area contributed by atoms with Crippen molar-refractivity contribution in [3.8, 4) is 0 Å². The molecule has 0 aromatic heterocycles. The van der Waals surface area contributed by atoms with Crippen molar-refractivity contribution in [3.63, 3.8) is 0 Å². The first-order valence-electron chi connectivity index (χ1n) is 0. The molecule has 0 aliphatic heterocycles. The maximum Gasteiger partial charge on any atom is 2.00 e. The van der Waals surface area contributed by atoms with Gasteiger partial charge in [-0.15, -0.1) is 0 Å². The normalized spacial score (nSPS) is 0. The molecule has 21 valence electrons. The minimum Gasteiger partial charge on any atom is -2.00 e. The van der Waals surface area contributed by atoms with E-state index in [9.17, 15) is 0 Å². The Balaban J connectivity index is 0. The predicted molar refractivity (Wildman–Crippen MR) is 1.37 cm³/mol. The standard InChI is InChI=1S/Cd.Mn.2O/q2*+2;2*-2. The van der Waals surface area contributed by atoms with Crippen LogP contribution in [-0.4, -0.2) is 0 Å². The van der Waals surface area contributed by atoms with E-state index in [1.807, 2.05) is 0 Å². The first-order valence-corrected chi connectivity index (χ1v) is 0. The zero-order valence-electron chi connectivity index (χ0n) is 1.90. The Morgan fingerprint density at radius 1 is 0.750 bits per heavy atom. The predicted octanol–water partition coefficient (Wildman–Crippen LogP) is -0.243. The van der Waals surface area contributed by atoms with Gasteiger partial charge in [0.15, 0.2) is 0 Å². The maximum absolute atomic E-state index is 0. The van der Waals surface area contributed by atoms with Crippen LogP contribution < -0.4 is 0 Å². The zero-order chi connectivity index (χ0) is 0. The number of hydrogen-bond donors (Lipinski definition) is 0. The molecule has 0 bridgehead atoms. The van der Waals surface area contributed by atoms with E-state index < -0.39 is 0 Å². The topological polar surface area (TPSA) is 57.0 Å². The van der Waals surface area contributed by atoms with E-state index in [1.165, 1.54) is 0 Å². The third kappa shape index (κ3) is 10.1. The molecule has 0 N–H and O–H groups in total. The maximum atomic E-state index is 0. The van der Waals surface area contributed by atoms with Gasteiger partial charge in [0.05, 0.1) is 0 Å². The summed E-state index contributed by atoms with van der Waals surface area (Å²) >= 11 is 0. The Morgan fingerprint density at radius 2 is 0.750 bits per heavy atom. The van der Waals surface area contributed by atoms with E-state index in [4.69, 9.17) is 0 Å². The van der Waals surface area contributed by atoms with Gasteiger partial charge < -0.3 is 11.0 Å². The molecule has 0 aromatic carbocycles. The molecule has 4 heteroatoms. The van der Waals surface area contributed by atoms with Crippen molar-refractivity contribution in [3.05, 3.63) is 0 Å². The van der Waals surface area contributed by atoms with Gasteiger partial charge in [-0.05, 0) is 0 Å². The van der Waals surface area contributed by atoms with Crippen LogP contribution in [0.3, 0.4) is 0 Å². The van der Waals surface area contributed by atoms with Crippen molar-refractivity contribution in [2.45, 2.75) is 0 Å². The summed E-state index contributed by atoms with van der Waals surface area (Å²) in [5.74, 6) is 0. The number of hydrogen-bond acceptors (Lipinski definition) is 0. The third-order valence-electron chi connectivity index (χ3n) is 0. The summed E-state index contributed by atoms with van der Waals surface area (Å²) in [6, 6.07) is 0. The first kappa shape index (κ1) is 55.0. The van der Waals surface area contributed by atoms with Gasteiger partial charge in [-0.2, -0.15) is 0 Å². The Hall–Kier alpha value is 1.36. The fraction of sp³-hybridized carbons (Fsp3) is 0. The second kappa shape index (κ2) is 26.6. The van der Waals surface area contributed by atoms with Crippen molar-refractivity contribution >= 4 is 0 Å². The van der Waals surface area contributed by atoms with Crippen LogP contribution in [0.5, 0.6) is 0 Å². The minimum atomic E-state index is 0. The zero-order valence-corrected chi connectivity index (χ0v) is 7.12. The third-order valence-corrected chi connectivity index (χ3v) is 0. The largest absolute Gasteiger partial charge is 2.00 e. The molecule has 0 unspecified atom stereocenters. The molecule has 4 heavy (non-hydrogen) atoms. The van der Waals surface area contributed by atoms with Crippen LogP contribution in [0, 0.1) is 0 Å². The molecule has 0 aliphatic rings. The van der Waals surface area contributed by atoms with E-state index in [0.29, 0.717) is 0 Å². The smallest absolute Gasteiger partial charge is 2.00 e. The minimum absolute atomic E-state index is 0. The Labute approximate surface area is 55.2 Å². The average molecular weight is 199 g/mol. The molecule has 0 atom stereocenters. The summed E-state index contributed by atoms with van der Waals surface area (Å²) in [5, 5.41) is 0. The molecule has 0 saturated carbocycles. The van der Waals surface area contributed by atoms with Crippen LogP contribution in [0.1, 0.15) is 0 Å². The molecule has 1 radical (unpaired) electrons. The molecule has 0 rings (SSSR count). The summed E-state index contributed by atoms with van der Waals surface area (Å²) in [4.78, 5) is 0.